The first-order valence-corrected chi connectivity index (χ1v) is 10.9. The number of allylic oxidation sites excluding steroid dienone is 2. The Labute approximate surface area is 199 Å². The molecule has 0 spiro atoms. The molecule has 0 fully saturated rings. The highest BCUT2D eigenvalue weighted by Crippen LogP contribution is 2.41. The van der Waals surface area contributed by atoms with Crippen molar-refractivity contribution in [2.75, 3.05) is 18.1 Å². The van der Waals surface area contributed by atoms with Gasteiger partial charge in [0.2, 0.25) is 0 Å². The molecule has 0 unspecified atom stereocenters. The lowest BCUT2D eigenvalue weighted by atomic mass is 9.95. The highest BCUT2D eigenvalue weighted by atomic mass is 16.5. The van der Waals surface area contributed by atoms with Crippen molar-refractivity contribution in [1.82, 2.24) is 5.32 Å². The average Bonchev–Trinajstić information content (AvgIpc) is 3.25. The van der Waals surface area contributed by atoms with E-state index in [0.717, 1.165) is 37.1 Å². The monoisotopic (exact) mass is 455 g/mol. The molecule has 8 heteroatoms. The Kier molecular flexibility index (Phi) is 6.89. The molecule has 1 aromatic carbocycles. The first-order valence-electron chi connectivity index (χ1n) is 10.9. The van der Waals surface area contributed by atoms with Crippen molar-refractivity contribution in [2.24, 2.45) is 0 Å². The van der Waals surface area contributed by atoms with Crippen LogP contribution < -0.4 is 10.2 Å². The minimum atomic E-state index is -0.507. The highest BCUT2D eigenvalue weighted by Gasteiger charge is 2.37. The second-order valence-corrected chi connectivity index (χ2v) is 8.90. The summed E-state index contributed by atoms with van der Waals surface area (Å²) in [5, 5.41) is 30.5. The van der Waals surface area contributed by atoms with Gasteiger partial charge in [-0.15, -0.1) is 0 Å². The zero-order valence-electron chi connectivity index (χ0n) is 19.5. The summed E-state index contributed by atoms with van der Waals surface area (Å²) in [5.74, 6) is -0.885. The maximum Gasteiger partial charge on any atom is 0.333 e. The van der Waals surface area contributed by atoms with Crippen LogP contribution in [-0.2, 0) is 20.7 Å². The fourth-order valence-electron chi connectivity index (χ4n) is 4.31. The number of nitrogens with one attached hydrogen (secondary N) is 1. The fourth-order valence-corrected chi connectivity index (χ4v) is 4.31. The molecule has 1 aromatic rings. The second kappa shape index (κ2) is 9.65. The normalized spacial score (nSPS) is 15.7. The number of hydrogen-bond donors (Lipinski definition) is 1. The van der Waals surface area contributed by atoms with Crippen molar-refractivity contribution >= 4 is 23.1 Å². The van der Waals surface area contributed by atoms with Crippen LogP contribution in [0.1, 0.15) is 44.7 Å². The van der Waals surface area contributed by atoms with Crippen LogP contribution in [0, 0.1) is 34.0 Å². The Morgan fingerprint density at radius 3 is 2.56 bits per heavy atom. The van der Waals surface area contributed by atoms with Crippen LogP contribution in [-0.4, -0.2) is 30.6 Å². The maximum atomic E-state index is 12.7. The van der Waals surface area contributed by atoms with Crippen LogP contribution in [0.2, 0.25) is 0 Å². The van der Waals surface area contributed by atoms with Gasteiger partial charge in [-0.1, -0.05) is 12.6 Å². The molecule has 0 saturated heterocycles. The molecule has 2 aliphatic rings. The van der Waals surface area contributed by atoms with E-state index < -0.39 is 5.91 Å². The topological polar surface area (TPSA) is 130 Å². The molecule has 0 saturated carbocycles. The van der Waals surface area contributed by atoms with E-state index in [2.05, 4.69) is 30.6 Å². The number of nitrogens with zero attached hydrogens (tertiary/aromatic N) is 4. The van der Waals surface area contributed by atoms with Crippen molar-refractivity contribution in [2.45, 2.75) is 45.6 Å². The van der Waals surface area contributed by atoms with Gasteiger partial charge in [0.1, 0.15) is 18.2 Å². The van der Waals surface area contributed by atoms with Crippen molar-refractivity contribution in [3.05, 3.63) is 58.3 Å². The summed E-state index contributed by atoms with van der Waals surface area (Å²) < 4.78 is 5.16. The molecule has 172 valence electrons. The summed E-state index contributed by atoms with van der Waals surface area (Å²) in [6, 6.07) is 11.1. The maximum absolute atomic E-state index is 12.7. The number of anilines is 1. The van der Waals surface area contributed by atoms with Gasteiger partial charge in [0.15, 0.2) is 5.57 Å². The quantitative estimate of drug-likeness (QED) is 0.288. The fraction of sp³-hybridized carbons (Fsp3) is 0.346. The predicted octanol–water partition coefficient (Wildman–Crippen LogP) is 3.44. The largest absolute Gasteiger partial charge is 0.462 e. The number of fused-ring (bicyclic) bond motifs is 1. The third-order valence-corrected chi connectivity index (χ3v) is 5.92. The summed E-state index contributed by atoms with van der Waals surface area (Å²) in [7, 11) is 0. The molecule has 3 rings (SSSR count). The second-order valence-electron chi connectivity index (χ2n) is 8.90. The number of hydrogen-bond acceptors (Lipinski definition) is 7. The number of rotatable bonds is 7. The van der Waals surface area contributed by atoms with Crippen molar-refractivity contribution < 1.29 is 14.3 Å². The van der Waals surface area contributed by atoms with Crippen LogP contribution >= 0.6 is 0 Å². The summed E-state index contributed by atoms with van der Waals surface area (Å²) in [5.41, 5.74) is 2.73. The number of carbonyl (C=O) groups excluding carboxylic acids is 2. The molecule has 0 radical (unpaired) electrons. The molecule has 0 atom stereocenters. The Morgan fingerprint density at radius 1 is 1.24 bits per heavy atom. The first-order chi connectivity index (χ1) is 16.1. The Hall–Kier alpha value is -4.35. The van der Waals surface area contributed by atoms with Crippen molar-refractivity contribution in [3.8, 4) is 18.2 Å². The molecule has 34 heavy (non-hydrogen) atoms. The van der Waals surface area contributed by atoms with Crippen LogP contribution in [0.4, 0.5) is 5.69 Å². The number of carbonyl (C=O) groups is 2. The van der Waals surface area contributed by atoms with Gasteiger partial charge in [0.05, 0.1) is 23.5 Å². The smallest absolute Gasteiger partial charge is 0.333 e. The Bertz CT molecular complexity index is 1250. The van der Waals surface area contributed by atoms with Gasteiger partial charge in [-0.05, 0) is 63.3 Å². The molecule has 0 aromatic heterocycles. The number of esters is 1. The summed E-state index contributed by atoms with van der Waals surface area (Å²) in [6.07, 6.45) is 2.31. The predicted molar refractivity (Wildman–Crippen MR) is 126 cm³/mol. The molecule has 1 amide bonds. The van der Waals surface area contributed by atoms with Crippen molar-refractivity contribution in [1.29, 1.82) is 15.8 Å². The van der Waals surface area contributed by atoms with Gasteiger partial charge in [0, 0.05) is 23.3 Å². The molecular formula is C26H25N5O3. The van der Waals surface area contributed by atoms with Crippen molar-refractivity contribution in [3.63, 3.8) is 0 Å². The third kappa shape index (κ3) is 4.56. The zero-order chi connectivity index (χ0) is 25.0. The van der Waals surface area contributed by atoms with E-state index in [9.17, 15) is 14.9 Å². The van der Waals surface area contributed by atoms with Crippen LogP contribution in [0.15, 0.2) is 47.2 Å². The molecule has 2 heterocycles. The molecule has 2 aliphatic heterocycles. The van der Waals surface area contributed by atoms with E-state index in [1.807, 2.05) is 18.2 Å². The van der Waals surface area contributed by atoms with E-state index in [-0.39, 0.29) is 33.9 Å². The SMILES string of the molecule is C=C(C)C(=O)OCCCCN1c2ccc(C3=C(C#N)C(=C(C#N)C#N)NC3=O)cc2CC1(C)C. The van der Waals surface area contributed by atoms with Gasteiger partial charge < -0.3 is 15.0 Å². The Balaban J connectivity index is 1.83. The Morgan fingerprint density at radius 2 is 1.94 bits per heavy atom. The van der Waals surface area contributed by atoms with Gasteiger partial charge in [-0.25, -0.2) is 4.79 Å². The number of amides is 1. The average molecular weight is 456 g/mol. The summed E-state index contributed by atoms with van der Waals surface area (Å²) in [4.78, 5) is 26.5. The molecular weight excluding hydrogens is 430 g/mol. The summed E-state index contributed by atoms with van der Waals surface area (Å²) in [6.45, 7) is 10.6. The minimum absolute atomic E-state index is 0.00136. The molecule has 0 aliphatic carbocycles. The standard InChI is InChI=1S/C26H25N5O3/c1-16(2)25(33)34-10-6-5-9-31-21-8-7-17(11-18(21)12-26(31,3)4)22-20(15-29)23(30-24(22)32)19(13-27)14-28/h7-8,11H,1,5-6,9-10,12H2,2-4H3,(H,30,32). The van der Waals surface area contributed by atoms with Gasteiger partial charge in [-0.3, -0.25) is 4.79 Å². The van der Waals surface area contributed by atoms with Crippen LogP contribution in [0.25, 0.3) is 5.57 Å². The number of nitriles is 3. The lowest BCUT2D eigenvalue weighted by molar-refractivity contribution is -0.139. The van der Waals surface area contributed by atoms with E-state index in [4.69, 9.17) is 15.3 Å². The zero-order valence-corrected chi connectivity index (χ0v) is 19.5. The lowest BCUT2D eigenvalue weighted by Crippen LogP contribution is -2.41. The number of ether oxygens (including phenoxy) is 1. The minimum Gasteiger partial charge on any atom is -0.462 e. The van der Waals surface area contributed by atoms with Gasteiger partial charge >= 0.3 is 5.97 Å². The van der Waals surface area contributed by atoms with Gasteiger partial charge in [-0.2, -0.15) is 15.8 Å². The van der Waals surface area contributed by atoms with Crippen LogP contribution in [0.3, 0.4) is 0 Å². The summed E-state index contributed by atoms with van der Waals surface area (Å²) >= 11 is 0. The van der Waals surface area contributed by atoms with E-state index in [1.54, 1.807) is 25.1 Å². The first kappa shape index (κ1) is 24.3. The lowest BCUT2D eigenvalue weighted by Gasteiger charge is -2.34. The molecule has 0 bridgehead atoms. The van der Waals surface area contributed by atoms with Gasteiger partial charge in [0.25, 0.3) is 5.91 Å². The van der Waals surface area contributed by atoms with E-state index >= 15 is 0 Å². The molecule has 1 N–H and O–H groups in total. The third-order valence-electron chi connectivity index (χ3n) is 5.92. The van der Waals surface area contributed by atoms with Crippen LogP contribution in [0.5, 0.6) is 0 Å². The number of benzene rings is 1. The molecule has 8 nitrogen and oxygen atoms in total. The van der Waals surface area contributed by atoms with E-state index in [1.165, 1.54) is 0 Å². The van der Waals surface area contributed by atoms with E-state index in [0.29, 0.717) is 17.7 Å². The highest BCUT2D eigenvalue weighted by molar-refractivity contribution is 6.26. The number of unbranched alkanes of at least 4 members (excludes halogenated alkanes) is 1.